The Balaban J connectivity index is 0.00000372. The maximum atomic E-state index is 6.33. The van der Waals surface area contributed by atoms with E-state index in [1.807, 2.05) is 12.1 Å². The third-order valence-electron chi connectivity index (χ3n) is 10.7. The number of hydrogen-bond acceptors (Lipinski definition) is 2. The molecule has 8 aromatic carbocycles. The van der Waals surface area contributed by atoms with Crippen molar-refractivity contribution in [3.8, 4) is 22.5 Å². The third kappa shape index (κ3) is 5.07. The number of nitrogens with zero attached hydrogens (tertiary/aromatic N) is 3. The van der Waals surface area contributed by atoms with Crippen molar-refractivity contribution in [1.82, 2.24) is 9.13 Å². The zero-order chi connectivity index (χ0) is 35.6. The summed E-state index contributed by atoms with van der Waals surface area (Å²) in [5.74, 6) is 0. The minimum atomic E-state index is 0. The Kier molecular flexibility index (Phi) is 7.63. The lowest BCUT2D eigenvalue weighted by Crippen LogP contribution is -2.09. The molecule has 262 valence electrons. The lowest BCUT2D eigenvalue weighted by molar-refractivity contribution is 0.669. The van der Waals surface area contributed by atoms with Gasteiger partial charge in [0, 0.05) is 55.4 Å². The van der Waals surface area contributed by atoms with Crippen molar-refractivity contribution in [3.63, 3.8) is 0 Å². The summed E-state index contributed by atoms with van der Waals surface area (Å²) in [6.45, 7) is 0. The van der Waals surface area contributed by atoms with Crippen LogP contribution >= 0.6 is 0 Å². The van der Waals surface area contributed by atoms with Crippen LogP contribution in [0.5, 0.6) is 0 Å². The summed E-state index contributed by atoms with van der Waals surface area (Å²) in [7, 11) is 0. The summed E-state index contributed by atoms with van der Waals surface area (Å²) < 4.78 is 11.2. The van der Waals surface area contributed by atoms with Crippen LogP contribution in [0.25, 0.3) is 77.3 Å². The molecule has 11 aromatic rings. The molecule has 0 amide bonds. The van der Waals surface area contributed by atoms with Crippen LogP contribution in [-0.2, 0) is 0 Å². The monoisotopic (exact) mass is 707 g/mol. The molecule has 0 fully saturated rings. The van der Waals surface area contributed by atoms with Crippen LogP contribution in [0.4, 0.5) is 17.1 Å². The van der Waals surface area contributed by atoms with E-state index in [4.69, 9.17) is 4.42 Å². The Hall–Kier alpha value is -7.30. The Bertz CT molecular complexity index is 3100. The van der Waals surface area contributed by atoms with E-state index >= 15 is 0 Å². The molecule has 0 saturated carbocycles. The van der Waals surface area contributed by atoms with Gasteiger partial charge < -0.3 is 9.32 Å². The van der Waals surface area contributed by atoms with Crippen LogP contribution in [0.3, 0.4) is 0 Å². The van der Waals surface area contributed by atoms with Crippen molar-refractivity contribution in [2.45, 2.75) is 7.43 Å². The third-order valence-corrected chi connectivity index (χ3v) is 10.7. The molecule has 0 aliphatic rings. The van der Waals surface area contributed by atoms with E-state index in [1.54, 1.807) is 0 Å². The number of hydrogen-bond donors (Lipinski definition) is 0. The summed E-state index contributed by atoms with van der Waals surface area (Å²) in [6, 6.07) is 71.3. The number of anilines is 3. The summed E-state index contributed by atoms with van der Waals surface area (Å²) >= 11 is 0. The molecule has 3 aromatic heterocycles. The SMILES string of the molecule is C.c1ccc(N(c2ccccc2)c2ccc3c(c2)c2c4ccc(-c5cccc6oc7ccccc7c56)cc4n(-c4ccccc4)c2n3-c2ccccc2)cc1. The number of fused-ring (bicyclic) bond motifs is 8. The van der Waals surface area contributed by atoms with Gasteiger partial charge in [-0.15, -0.1) is 0 Å². The highest BCUT2D eigenvalue weighted by Crippen LogP contribution is 2.45. The molecule has 55 heavy (non-hydrogen) atoms. The van der Waals surface area contributed by atoms with Crippen molar-refractivity contribution >= 4 is 71.8 Å². The topological polar surface area (TPSA) is 26.2 Å². The van der Waals surface area contributed by atoms with Gasteiger partial charge in [0.15, 0.2) is 0 Å². The van der Waals surface area contributed by atoms with Gasteiger partial charge in [0.1, 0.15) is 16.8 Å². The zero-order valence-electron chi connectivity index (χ0n) is 29.3. The van der Waals surface area contributed by atoms with Gasteiger partial charge in [-0.25, -0.2) is 0 Å². The Labute approximate surface area is 319 Å². The normalized spacial score (nSPS) is 11.5. The van der Waals surface area contributed by atoms with Crippen molar-refractivity contribution in [2.75, 3.05) is 4.90 Å². The Morgan fingerprint density at radius 1 is 0.382 bits per heavy atom. The van der Waals surface area contributed by atoms with Gasteiger partial charge in [-0.05, 0) is 96.1 Å². The highest BCUT2D eigenvalue weighted by molar-refractivity contribution is 6.24. The largest absolute Gasteiger partial charge is 0.456 e. The second kappa shape index (κ2) is 13.0. The van der Waals surface area contributed by atoms with Gasteiger partial charge in [-0.3, -0.25) is 9.13 Å². The molecule has 4 heteroatoms. The van der Waals surface area contributed by atoms with Gasteiger partial charge in [0.2, 0.25) is 0 Å². The summed E-state index contributed by atoms with van der Waals surface area (Å²) in [5, 5.41) is 5.88. The molecule has 0 bridgehead atoms. The van der Waals surface area contributed by atoms with Crippen LogP contribution in [0.15, 0.2) is 205 Å². The Morgan fingerprint density at radius 3 is 1.64 bits per heavy atom. The molecule has 0 aliphatic heterocycles. The van der Waals surface area contributed by atoms with Gasteiger partial charge in [0.25, 0.3) is 0 Å². The van der Waals surface area contributed by atoms with Gasteiger partial charge in [0.05, 0.1) is 11.0 Å². The summed E-state index contributed by atoms with van der Waals surface area (Å²) in [4.78, 5) is 2.34. The van der Waals surface area contributed by atoms with Gasteiger partial charge >= 0.3 is 0 Å². The van der Waals surface area contributed by atoms with Crippen molar-refractivity contribution < 1.29 is 4.42 Å². The first-order valence-corrected chi connectivity index (χ1v) is 18.4. The molecule has 3 heterocycles. The van der Waals surface area contributed by atoms with Crippen LogP contribution < -0.4 is 4.90 Å². The van der Waals surface area contributed by atoms with E-state index < -0.39 is 0 Å². The molecule has 0 unspecified atom stereocenters. The van der Waals surface area contributed by atoms with E-state index in [1.165, 1.54) is 16.2 Å². The fourth-order valence-corrected chi connectivity index (χ4v) is 8.39. The zero-order valence-corrected chi connectivity index (χ0v) is 29.3. The van der Waals surface area contributed by atoms with E-state index in [0.717, 1.165) is 78.2 Å². The molecular formula is C51H37N3O. The first kappa shape index (κ1) is 32.4. The molecule has 0 atom stereocenters. The quantitative estimate of drug-likeness (QED) is 0.172. The van der Waals surface area contributed by atoms with Crippen LogP contribution in [0.1, 0.15) is 7.43 Å². The van der Waals surface area contributed by atoms with E-state index in [9.17, 15) is 0 Å². The van der Waals surface area contributed by atoms with E-state index in [2.05, 4.69) is 202 Å². The highest BCUT2D eigenvalue weighted by Gasteiger charge is 2.24. The fourth-order valence-electron chi connectivity index (χ4n) is 8.39. The van der Waals surface area contributed by atoms with Crippen molar-refractivity contribution in [2.24, 2.45) is 0 Å². The molecule has 0 N–H and O–H groups in total. The van der Waals surface area contributed by atoms with Gasteiger partial charge in [-0.2, -0.15) is 0 Å². The molecule has 0 spiro atoms. The molecule has 4 nitrogen and oxygen atoms in total. The number of para-hydroxylation sites is 5. The Morgan fingerprint density at radius 2 is 0.964 bits per heavy atom. The molecule has 0 radical (unpaired) electrons. The number of rotatable bonds is 6. The second-order valence-electron chi connectivity index (χ2n) is 13.8. The maximum Gasteiger partial charge on any atom is 0.136 e. The molecule has 0 saturated heterocycles. The average molecular weight is 708 g/mol. The summed E-state index contributed by atoms with van der Waals surface area (Å²) in [6.07, 6.45) is 0. The maximum absolute atomic E-state index is 6.33. The fraction of sp³-hybridized carbons (Fsp3) is 0.0196. The first-order valence-electron chi connectivity index (χ1n) is 18.4. The second-order valence-corrected chi connectivity index (χ2v) is 13.8. The lowest BCUT2D eigenvalue weighted by Gasteiger charge is -2.25. The number of aromatic nitrogens is 2. The number of furan rings is 1. The van der Waals surface area contributed by atoms with Crippen LogP contribution in [-0.4, -0.2) is 9.13 Å². The molecular weight excluding hydrogens is 671 g/mol. The number of benzene rings is 8. The van der Waals surface area contributed by atoms with Crippen molar-refractivity contribution in [1.29, 1.82) is 0 Å². The first-order chi connectivity index (χ1) is 26.8. The molecule has 0 aliphatic carbocycles. The smallest absolute Gasteiger partial charge is 0.136 e. The predicted octanol–water partition coefficient (Wildman–Crippen LogP) is 14.4. The van der Waals surface area contributed by atoms with E-state index in [0.29, 0.717) is 0 Å². The van der Waals surface area contributed by atoms with Crippen LogP contribution in [0, 0.1) is 0 Å². The summed E-state index contributed by atoms with van der Waals surface area (Å²) in [5.41, 5.74) is 13.1. The minimum absolute atomic E-state index is 0. The lowest BCUT2D eigenvalue weighted by atomic mass is 9.98. The van der Waals surface area contributed by atoms with Gasteiger partial charge in [-0.1, -0.05) is 123 Å². The predicted molar refractivity (Wildman–Crippen MR) is 232 cm³/mol. The average Bonchev–Trinajstić information content (AvgIpc) is 3.89. The van der Waals surface area contributed by atoms with Crippen LogP contribution in [0.2, 0.25) is 0 Å². The minimum Gasteiger partial charge on any atom is -0.456 e. The standard InChI is InChI=1S/C50H33N3O.CH4/c1-5-16-35(17-6-1)51(36-18-7-2-8-19-36)39-29-31-44-43(33-39)49-41-30-28-34(40-25-15-27-47-48(40)42-24-13-14-26-46(42)54-47)32-45(41)53(38-22-11-4-12-23-38)50(49)52(44)37-20-9-3-10-21-37;/h1-33H;1H4. The van der Waals surface area contributed by atoms with E-state index in [-0.39, 0.29) is 7.43 Å². The van der Waals surface area contributed by atoms with Crippen molar-refractivity contribution in [3.05, 3.63) is 200 Å². The molecule has 11 rings (SSSR count). The highest BCUT2D eigenvalue weighted by atomic mass is 16.3.